The van der Waals surface area contributed by atoms with Gasteiger partial charge < -0.3 is 0 Å². The number of hydroxylamine groups is 1. The predicted molar refractivity (Wildman–Crippen MR) is 124 cm³/mol. The smallest absolute Gasteiger partial charge is 0.266 e. The van der Waals surface area contributed by atoms with E-state index < -0.39 is 18.1 Å². The second-order valence-electron chi connectivity index (χ2n) is 9.38. The summed E-state index contributed by atoms with van der Waals surface area (Å²) in [5, 5.41) is 1.74. The number of fused-ring (bicyclic) bond motifs is 1. The van der Waals surface area contributed by atoms with Crippen LogP contribution in [-0.4, -0.2) is 17.9 Å². The first-order valence-electron chi connectivity index (χ1n) is 10.9. The number of nitrogens with zero attached hydrogens (tertiary/aromatic N) is 2. The molecule has 2 aliphatic rings. The summed E-state index contributed by atoms with van der Waals surface area (Å²) in [6.45, 7) is 6.51. The molecule has 2 heterocycles. The van der Waals surface area contributed by atoms with Gasteiger partial charge in [0.1, 0.15) is 5.92 Å². The lowest BCUT2D eigenvalue weighted by Gasteiger charge is -2.29. The first-order chi connectivity index (χ1) is 15.4. The molecule has 0 spiro atoms. The monoisotopic (exact) mass is 426 g/mol. The predicted octanol–water partition coefficient (Wildman–Crippen LogP) is 5.04. The number of hydrogen-bond acceptors (Lipinski definition) is 4. The van der Waals surface area contributed by atoms with Gasteiger partial charge in [0.2, 0.25) is 5.91 Å². The average molecular weight is 427 g/mol. The lowest BCUT2D eigenvalue weighted by atomic mass is 9.84. The van der Waals surface area contributed by atoms with Gasteiger partial charge in [-0.15, -0.1) is 0 Å². The van der Waals surface area contributed by atoms with Gasteiger partial charge in [-0.25, -0.2) is 9.96 Å². The molecule has 32 heavy (non-hydrogen) atoms. The van der Waals surface area contributed by atoms with Gasteiger partial charge in [0.05, 0.1) is 17.4 Å². The molecule has 5 rings (SSSR count). The Morgan fingerprint density at radius 2 is 1.28 bits per heavy atom. The standard InChI is InChI=1S/C27H26N2O3/c1-27(2,3)19-16-14-18(15-17-19)23-22-24(32-29(23)21-12-8-5-9-13-21)26(31)28(25(22)30)20-10-6-4-7-11-20/h4-17,22-24H,1-3H3/t22-,23+,24+/m1/s1. The van der Waals surface area contributed by atoms with E-state index in [1.165, 1.54) is 10.5 Å². The third-order valence-electron chi connectivity index (χ3n) is 6.26. The van der Waals surface area contributed by atoms with E-state index in [4.69, 9.17) is 4.84 Å². The second kappa shape index (κ2) is 7.61. The van der Waals surface area contributed by atoms with E-state index in [2.05, 4.69) is 45.0 Å². The normalized spacial score (nSPS) is 23.0. The first kappa shape index (κ1) is 20.5. The van der Waals surface area contributed by atoms with Crippen molar-refractivity contribution in [1.82, 2.24) is 0 Å². The molecule has 2 fully saturated rings. The van der Waals surface area contributed by atoms with Crippen molar-refractivity contribution in [2.24, 2.45) is 5.92 Å². The van der Waals surface area contributed by atoms with Gasteiger partial charge in [-0.1, -0.05) is 81.4 Å². The lowest BCUT2D eigenvalue weighted by molar-refractivity contribution is -0.126. The summed E-state index contributed by atoms with van der Waals surface area (Å²) in [4.78, 5) is 34.3. The second-order valence-corrected chi connectivity index (χ2v) is 9.38. The molecule has 3 aromatic carbocycles. The Morgan fingerprint density at radius 1 is 0.719 bits per heavy atom. The summed E-state index contributed by atoms with van der Waals surface area (Å²) in [5.41, 5.74) is 3.58. The molecule has 2 saturated heterocycles. The number of benzene rings is 3. The Bertz CT molecular complexity index is 1140. The number of anilines is 2. The van der Waals surface area contributed by atoms with Gasteiger partial charge in [0.15, 0.2) is 6.10 Å². The van der Waals surface area contributed by atoms with Crippen molar-refractivity contribution in [2.75, 3.05) is 9.96 Å². The average Bonchev–Trinajstić information content (AvgIpc) is 3.30. The highest BCUT2D eigenvalue weighted by Gasteiger charge is 2.60. The summed E-state index contributed by atoms with van der Waals surface area (Å²) < 4.78 is 0. The molecule has 0 aliphatic carbocycles. The summed E-state index contributed by atoms with van der Waals surface area (Å²) in [7, 11) is 0. The van der Waals surface area contributed by atoms with Crippen LogP contribution >= 0.6 is 0 Å². The highest BCUT2D eigenvalue weighted by Crippen LogP contribution is 2.47. The molecule has 0 saturated carbocycles. The Hall–Kier alpha value is -3.44. The quantitative estimate of drug-likeness (QED) is 0.551. The molecule has 0 N–H and O–H groups in total. The minimum absolute atomic E-state index is 0.0234. The van der Waals surface area contributed by atoms with E-state index in [-0.39, 0.29) is 17.2 Å². The van der Waals surface area contributed by atoms with E-state index >= 15 is 0 Å². The lowest BCUT2D eigenvalue weighted by Crippen LogP contribution is -2.37. The van der Waals surface area contributed by atoms with Crippen molar-refractivity contribution < 1.29 is 14.4 Å². The Labute approximate surface area is 188 Å². The number of imide groups is 1. The maximum absolute atomic E-state index is 13.6. The fourth-order valence-corrected chi connectivity index (χ4v) is 4.56. The Balaban J connectivity index is 1.57. The van der Waals surface area contributed by atoms with Crippen molar-refractivity contribution in [3.63, 3.8) is 0 Å². The van der Waals surface area contributed by atoms with Gasteiger partial charge in [-0.05, 0) is 40.8 Å². The molecular weight excluding hydrogens is 400 g/mol. The summed E-state index contributed by atoms with van der Waals surface area (Å²) >= 11 is 0. The number of carbonyl (C=O) groups excluding carboxylic acids is 2. The summed E-state index contributed by atoms with van der Waals surface area (Å²) in [6, 6.07) is 26.6. The van der Waals surface area contributed by atoms with Gasteiger partial charge in [0, 0.05) is 0 Å². The van der Waals surface area contributed by atoms with Crippen LogP contribution in [-0.2, 0) is 19.8 Å². The van der Waals surface area contributed by atoms with Crippen LogP contribution in [0.4, 0.5) is 11.4 Å². The summed E-state index contributed by atoms with van der Waals surface area (Å²) in [5.74, 6) is -1.17. The first-order valence-corrected chi connectivity index (χ1v) is 10.9. The zero-order valence-corrected chi connectivity index (χ0v) is 18.4. The van der Waals surface area contributed by atoms with Crippen LogP contribution in [0.3, 0.4) is 0 Å². The van der Waals surface area contributed by atoms with Crippen LogP contribution in [0.2, 0.25) is 0 Å². The van der Waals surface area contributed by atoms with Crippen LogP contribution in [0.25, 0.3) is 0 Å². The maximum Gasteiger partial charge on any atom is 0.266 e. The SMILES string of the molecule is CC(C)(C)c1ccc([C@H]2[C@H]3C(=O)N(c4ccccc4)C(=O)[C@H]3ON2c2ccccc2)cc1. The molecule has 0 aromatic heterocycles. The van der Waals surface area contributed by atoms with E-state index in [1.54, 1.807) is 17.2 Å². The molecule has 162 valence electrons. The van der Waals surface area contributed by atoms with Crippen LogP contribution in [0.15, 0.2) is 84.9 Å². The van der Waals surface area contributed by atoms with Crippen LogP contribution in [0.1, 0.15) is 37.9 Å². The van der Waals surface area contributed by atoms with Crippen LogP contribution in [0.5, 0.6) is 0 Å². The molecule has 2 amide bonds. The molecule has 0 bridgehead atoms. The molecule has 2 aliphatic heterocycles. The van der Waals surface area contributed by atoms with E-state index in [0.717, 1.165) is 11.3 Å². The van der Waals surface area contributed by atoms with Gasteiger partial charge in [-0.2, -0.15) is 0 Å². The van der Waals surface area contributed by atoms with Crippen molar-refractivity contribution in [2.45, 2.75) is 38.3 Å². The largest absolute Gasteiger partial charge is 0.273 e. The van der Waals surface area contributed by atoms with Crippen molar-refractivity contribution in [3.05, 3.63) is 96.1 Å². The van der Waals surface area contributed by atoms with E-state index in [9.17, 15) is 9.59 Å². The number of amides is 2. The van der Waals surface area contributed by atoms with Gasteiger partial charge in [-0.3, -0.25) is 14.4 Å². The molecule has 5 nitrogen and oxygen atoms in total. The fraction of sp³-hybridized carbons (Fsp3) is 0.259. The third-order valence-corrected chi connectivity index (χ3v) is 6.26. The zero-order chi connectivity index (χ0) is 22.5. The molecular formula is C27H26N2O3. The summed E-state index contributed by atoms with van der Waals surface area (Å²) in [6.07, 6.45) is -0.852. The fourth-order valence-electron chi connectivity index (χ4n) is 4.56. The van der Waals surface area contributed by atoms with E-state index in [1.807, 2.05) is 48.5 Å². The molecule has 5 heteroatoms. The number of hydrogen-bond donors (Lipinski definition) is 0. The van der Waals surface area contributed by atoms with Crippen molar-refractivity contribution >= 4 is 23.2 Å². The minimum Gasteiger partial charge on any atom is -0.273 e. The Morgan fingerprint density at radius 3 is 1.84 bits per heavy atom. The number of rotatable bonds is 3. The molecule has 3 aromatic rings. The van der Waals surface area contributed by atoms with Gasteiger partial charge >= 0.3 is 0 Å². The highest BCUT2D eigenvalue weighted by molar-refractivity contribution is 6.23. The van der Waals surface area contributed by atoms with Crippen LogP contribution < -0.4 is 9.96 Å². The zero-order valence-electron chi connectivity index (χ0n) is 18.4. The molecule has 3 atom stereocenters. The third kappa shape index (κ3) is 3.30. The number of para-hydroxylation sites is 2. The van der Waals surface area contributed by atoms with Crippen molar-refractivity contribution in [3.8, 4) is 0 Å². The maximum atomic E-state index is 13.6. The van der Waals surface area contributed by atoms with Crippen molar-refractivity contribution in [1.29, 1.82) is 0 Å². The number of carbonyl (C=O) groups is 2. The van der Waals surface area contributed by atoms with Crippen LogP contribution in [0, 0.1) is 5.92 Å². The molecule has 0 radical (unpaired) electrons. The van der Waals surface area contributed by atoms with E-state index in [0.29, 0.717) is 5.69 Å². The topological polar surface area (TPSA) is 49.9 Å². The van der Waals surface area contributed by atoms with Gasteiger partial charge in [0.25, 0.3) is 5.91 Å². The minimum atomic E-state index is -0.852. The molecule has 0 unspecified atom stereocenters. The highest BCUT2D eigenvalue weighted by atomic mass is 16.7. The Kier molecular flexibility index (Phi) is 4.86.